The molecule has 2 aromatic carbocycles. The SMILES string of the molecule is COC(=O)/C(=C/c1ccc(Br)cc1)Oc1ccccc1. The van der Waals surface area contributed by atoms with Crippen molar-refractivity contribution in [3.05, 3.63) is 70.4 Å². The zero-order valence-corrected chi connectivity index (χ0v) is 12.5. The molecule has 20 heavy (non-hydrogen) atoms. The predicted molar refractivity (Wildman–Crippen MR) is 81.2 cm³/mol. The fourth-order valence-corrected chi connectivity index (χ4v) is 1.82. The minimum absolute atomic E-state index is 0.140. The average molecular weight is 333 g/mol. The highest BCUT2D eigenvalue weighted by atomic mass is 79.9. The van der Waals surface area contributed by atoms with Crippen LogP contribution in [-0.2, 0) is 9.53 Å². The second kappa shape index (κ2) is 6.91. The molecule has 0 aromatic heterocycles. The van der Waals surface area contributed by atoms with Crippen molar-refractivity contribution in [3.8, 4) is 5.75 Å². The van der Waals surface area contributed by atoms with Gasteiger partial charge in [-0.15, -0.1) is 0 Å². The van der Waals surface area contributed by atoms with E-state index in [2.05, 4.69) is 15.9 Å². The molecule has 0 unspecified atom stereocenters. The Hall–Kier alpha value is -2.07. The number of carbonyl (C=O) groups excluding carboxylic acids is 1. The van der Waals surface area contributed by atoms with Crippen molar-refractivity contribution < 1.29 is 14.3 Å². The molecular formula is C16H13BrO3. The molecule has 0 atom stereocenters. The summed E-state index contributed by atoms with van der Waals surface area (Å²) in [6.07, 6.45) is 1.64. The molecule has 0 amide bonds. The van der Waals surface area contributed by atoms with E-state index in [1.165, 1.54) is 7.11 Å². The normalized spacial score (nSPS) is 11.0. The Morgan fingerprint density at radius 1 is 1.05 bits per heavy atom. The Morgan fingerprint density at radius 3 is 2.30 bits per heavy atom. The first-order valence-corrected chi connectivity index (χ1v) is 6.77. The molecule has 0 spiro atoms. The van der Waals surface area contributed by atoms with Gasteiger partial charge in [0, 0.05) is 4.47 Å². The minimum atomic E-state index is -0.517. The van der Waals surface area contributed by atoms with Gasteiger partial charge in [-0.1, -0.05) is 46.3 Å². The maximum absolute atomic E-state index is 11.8. The third-order valence-electron chi connectivity index (χ3n) is 2.53. The topological polar surface area (TPSA) is 35.5 Å². The van der Waals surface area contributed by atoms with Gasteiger partial charge in [0.15, 0.2) is 0 Å². The molecular weight excluding hydrogens is 320 g/mol. The minimum Gasteiger partial charge on any atom is -0.463 e. The van der Waals surface area contributed by atoms with Gasteiger partial charge in [-0.2, -0.15) is 0 Å². The lowest BCUT2D eigenvalue weighted by Gasteiger charge is -2.08. The number of carbonyl (C=O) groups is 1. The van der Waals surface area contributed by atoms with Crippen LogP contribution in [0.15, 0.2) is 64.8 Å². The van der Waals surface area contributed by atoms with E-state index in [4.69, 9.17) is 9.47 Å². The second-order valence-corrected chi connectivity index (χ2v) is 4.88. The molecule has 102 valence electrons. The predicted octanol–water partition coefficient (Wildman–Crippen LogP) is 4.04. The lowest BCUT2D eigenvalue weighted by Crippen LogP contribution is -2.10. The molecule has 0 saturated carbocycles. The van der Waals surface area contributed by atoms with Crippen LogP contribution in [0.1, 0.15) is 5.56 Å². The number of methoxy groups -OCH3 is 1. The van der Waals surface area contributed by atoms with Crippen LogP contribution in [0, 0.1) is 0 Å². The molecule has 0 fully saturated rings. The highest BCUT2D eigenvalue weighted by Crippen LogP contribution is 2.17. The lowest BCUT2D eigenvalue weighted by atomic mass is 10.2. The van der Waals surface area contributed by atoms with Crippen LogP contribution < -0.4 is 4.74 Å². The second-order valence-electron chi connectivity index (χ2n) is 3.97. The summed E-state index contributed by atoms with van der Waals surface area (Å²) in [5.41, 5.74) is 0.851. The number of rotatable bonds is 4. The first-order valence-electron chi connectivity index (χ1n) is 5.97. The van der Waals surface area contributed by atoms with Crippen molar-refractivity contribution in [1.82, 2.24) is 0 Å². The summed E-state index contributed by atoms with van der Waals surface area (Å²) in [6, 6.07) is 16.6. The van der Waals surface area contributed by atoms with Crippen molar-refractivity contribution in [2.75, 3.05) is 7.11 Å². The molecule has 4 heteroatoms. The van der Waals surface area contributed by atoms with E-state index in [9.17, 15) is 4.79 Å². The van der Waals surface area contributed by atoms with Gasteiger partial charge in [-0.25, -0.2) is 4.79 Å². The van der Waals surface area contributed by atoms with Crippen molar-refractivity contribution in [3.63, 3.8) is 0 Å². The Balaban J connectivity index is 2.28. The molecule has 0 aliphatic rings. The van der Waals surface area contributed by atoms with Gasteiger partial charge in [-0.3, -0.25) is 0 Å². The maximum atomic E-state index is 11.8. The van der Waals surface area contributed by atoms with E-state index in [0.29, 0.717) is 5.75 Å². The standard InChI is InChI=1S/C16H13BrO3/c1-19-16(18)15(20-14-5-3-2-4-6-14)11-12-7-9-13(17)10-8-12/h2-11H,1H3/b15-11-. The fourth-order valence-electron chi connectivity index (χ4n) is 1.56. The number of ether oxygens (including phenoxy) is 2. The quantitative estimate of drug-likeness (QED) is 0.481. The van der Waals surface area contributed by atoms with Crippen LogP contribution in [0.5, 0.6) is 5.75 Å². The van der Waals surface area contributed by atoms with E-state index >= 15 is 0 Å². The molecule has 3 nitrogen and oxygen atoms in total. The van der Waals surface area contributed by atoms with E-state index < -0.39 is 5.97 Å². The summed E-state index contributed by atoms with van der Waals surface area (Å²) in [6.45, 7) is 0. The van der Waals surface area contributed by atoms with Crippen LogP contribution in [0.2, 0.25) is 0 Å². The first kappa shape index (κ1) is 14.3. The van der Waals surface area contributed by atoms with Crippen molar-refractivity contribution in [2.24, 2.45) is 0 Å². The third kappa shape index (κ3) is 3.96. The van der Waals surface area contributed by atoms with Gasteiger partial charge < -0.3 is 9.47 Å². The van der Waals surface area contributed by atoms with Crippen LogP contribution in [0.4, 0.5) is 0 Å². The van der Waals surface area contributed by atoms with Crippen LogP contribution in [0.3, 0.4) is 0 Å². The Bertz CT molecular complexity index is 603. The largest absolute Gasteiger partial charge is 0.463 e. The van der Waals surface area contributed by atoms with Gasteiger partial charge in [0.05, 0.1) is 7.11 Å². The zero-order valence-electron chi connectivity index (χ0n) is 10.9. The summed E-state index contributed by atoms with van der Waals surface area (Å²) in [7, 11) is 1.33. The van der Waals surface area contributed by atoms with Gasteiger partial charge in [0.25, 0.3) is 0 Å². The highest BCUT2D eigenvalue weighted by molar-refractivity contribution is 9.10. The Morgan fingerprint density at radius 2 is 1.70 bits per heavy atom. The molecule has 0 radical (unpaired) electrons. The Kier molecular flexibility index (Phi) is 4.96. The lowest BCUT2D eigenvalue weighted by molar-refractivity contribution is -0.138. The van der Waals surface area contributed by atoms with Gasteiger partial charge >= 0.3 is 5.97 Å². The molecule has 2 aromatic rings. The number of esters is 1. The summed E-state index contributed by atoms with van der Waals surface area (Å²) >= 11 is 3.36. The zero-order chi connectivity index (χ0) is 14.4. The smallest absolute Gasteiger partial charge is 0.373 e. The fraction of sp³-hybridized carbons (Fsp3) is 0.0625. The number of benzene rings is 2. The van der Waals surface area contributed by atoms with Crippen LogP contribution in [0.25, 0.3) is 6.08 Å². The van der Waals surface area contributed by atoms with Gasteiger partial charge in [0.1, 0.15) is 5.75 Å². The van der Waals surface area contributed by atoms with Crippen LogP contribution >= 0.6 is 15.9 Å². The van der Waals surface area contributed by atoms with Gasteiger partial charge in [-0.05, 0) is 35.9 Å². The van der Waals surface area contributed by atoms with Crippen molar-refractivity contribution in [2.45, 2.75) is 0 Å². The van der Waals surface area contributed by atoms with E-state index in [-0.39, 0.29) is 5.76 Å². The summed E-state index contributed by atoms with van der Waals surface area (Å²) in [4.78, 5) is 11.8. The monoisotopic (exact) mass is 332 g/mol. The highest BCUT2D eigenvalue weighted by Gasteiger charge is 2.12. The van der Waals surface area contributed by atoms with Crippen LogP contribution in [-0.4, -0.2) is 13.1 Å². The summed E-state index contributed by atoms with van der Waals surface area (Å²) in [5, 5.41) is 0. The molecule has 0 aliphatic carbocycles. The third-order valence-corrected chi connectivity index (χ3v) is 3.05. The molecule has 0 saturated heterocycles. The van der Waals surface area contributed by atoms with Gasteiger partial charge in [0.2, 0.25) is 5.76 Å². The summed E-state index contributed by atoms with van der Waals surface area (Å²) in [5.74, 6) is 0.207. The van der Waals surface area contributed by atoms with Crippen molar-refractivity contribution in [1.29, 1.82) is 0 Å². The number of hydrogen-bond acceptors (Lipinski definition) is 3. The summed E-state index contributed by atoms with van der Waals surface area (Å²) < 4.78 is 11.3. The molecule has 2 rings (SSSR count). The van der Waals surface area contributed by atoms with E-state index in [1.54, 1.807) is 18.2 Å². The number of hydrogen-bond donors (Lipinski definition) is 0. The first-order chi connectivity index (χ1) is 9.69. The molecule has 0 aliphatic heterocycles. The number of halogens is 1. The molecule has 0 heterocycles. The molecule has 0 bridgehead atoms. The number of para-hydroxylation sites is 1. The maximum Gasteiger partial charge on any atom is 0.373 e. The van der Waals surface area contributed by atoms with E-state index in [0.717, 1.165) is 10.0 Å². The average Bonchev–Trinajstić information content (AvgIpc) is 2.49. The van der Waals surface area contributed by atoms with Crippen molar-refractivity contribution >= 4 is 28.0 Å². The molecule has 0 N–H and O–H groups in total. The Labute approximate surface area is 126 Å². The van der Waals surface area contributed by atoms with E-state index in [1.807, 2.05) is 42.5 Å².